The Morgan fingerprint density at radius 1 is 1.20 bits per heavy atom. The standard InChI is InChI=1S/C16H21NO3/c1-16(2)12(13(16)15(19)20)14(18)17-10-6-9-11-7-4-3-5-8-11/h3-5,7-8,12-13H,6,9-10H2,1-2H3,(H,17,18)(H,19,20). The van der Waals surface area contributed by atoms with Crippen molar-refractivity contribution in [1.29, 1.82) is 0 Å². The van der Waals surface area contributed by atoms with Crippen molar-refractivity contribution in [3.8, 4) is 0 Å². The lowest BCUT2D eigenvalue weighted by Gasteiger charge is -2.06. The van der Waals surface area contributed by atoms with Crippen LogP contribution in [-0.2, 0) is 16.0 Å². The number of aliphatic carboxylic acids is 1. The smallest absolute Gasteiger partial charge is 0.307 e. The normalized spacial score (nSPS) is 23.1. The van der Waals surface area contributed by atoms with Crippen LogP contribution in [0.25, 0.3) is 0 Å². The SMILES string of the molecule is CC1(C)C(C(=O)O)C1C(=O)NCCCc1ccccc1. The van der Waals surface area contributed by atoms with E-state index in [9.17, 15) is 9.59 Å². The van der Waals surface area contributed by atoms with E-state index in [2.05, 4.69) is 17.4 Å². The van der Waals surface area contributed by atoms with Crippen molar-refractivity contribution in [2.45, 2.75) is 26.7 Å². The minimum absolute atomic E-state index is 0.129. The maximum Gasteiger partial charge on any atom is 0.307 e. The van der Waals surface area contributed by atoms with E-state index in [-0.39, 0.29) is 5.91 Å². The van der Waals surface area contributed by atoms with Gasteiger partial charge in [-0.3, -0.25) is 9.59 Å². The van der Waals surface area contributed by atoms with E-state index in [1.54, 1.807) is 0 Å². The van der Waals surface area contributed by atoms with Gasteiger partial charge in [0.25, 0.3) is 0 Å². The first-order valence-electron chi connectivity index (χ1n) is 6.99. The van der Waals surface area contributed by atoms with Gasteiger partial charge in [-0.15, -0.1) is 0 Å². The zero-order valence-electron chi connectivity index (χ0n) is 11.9. The summed E-state index contributed by atoms with van der Waals surface area (Å²) in [5.74, 6) is -1.94. The summed E-state index contributed by atoms with van der Waals surface area (Å²) in [5.41, 5.74) is 0.826. The molecule has 1 aliphatic rings. The van der Waals surface area contributed by atoms with Crippen LogP contribution >= 0.6 is 0 Å². The second kappa shape index (κ2) is 5.65. The third-order valence-electron chi connectivity index (χ3n) is 4.16. The Labute approximate surface area is 119 Å². The van der Waals surface area contributed by atoms with Gasteiger partial charge < -0.3 is 10.4 Å². The zero-order chi connectivity index (χ0) is 14.8. The molecule has 0 aliphatic heterocycles. The molecule has 1 aromatic carbocycles. The highest BCUT2D eigenvalue weighted by molar-refractivity contribution is 5.91. The van der Waals surface area contributed by atoms with Gasteiger partial charge in [-0.25, -0.2) is 0 Å². The Hall–Kier alpha value is -1.84. The summed E-state index contributed by atoms with van der Waals surface area (Å²) in [7, 11) is 0. The van der Waals surface area contributed by atoms with E-state index in [4.69, 9.17) is 5.11 Å². The molecule has 0 aromatic heterocycles. The van der Waals surface area contributed by atoms with Crippen LogP contribution in [0, 0.1) is 17.3 Å². The molecule has 4 heteroatoms. The van der Waals surface area contributed by atoms with Crippen molar-refractivity contribution in [1.82, 2.24) is 5.32 Å². The lowest BCUT2D eigenvalue weighted by Crippen LogP contribution is -2.28. The Kier molecular flexibility index (Phi) is 4.12. The molecule has 20 heavy (non-hydrogen) atoms. The molecule has 0 radical (unpaired) electrons. The molecule has 0 saturated heterocycles. The number of hydrogen-bond donors (Lipinski definition) is 2. The summed E-state index contributed by atoms with van der Waals surface area (Å²) in [5, 5.41) is 11.9. The molecule has 4 nitrogen and oxygen atoms in total. The number of carboxylic acids is 1. The molecular weight excluding hydrogens is 254 g/mol. The van der Waals surface area contributed by atoms with Gasteiger partial charge in [0, 0.05) is 6.54 Å². The highest BCUT2D eigenvalue weighted by Crippen LogP contribution is 2.58. The molecule has 1 amide bonds. The maximum absolute atomic E-state index is 12.0. The molecule has 1 fully saturated rings. The van der Waals surface area contributed by atoms with Crippen LogP contribution < -0.4 is 5.32 Å². The van der Waals surface area contributed by atoms with Crippen LogP contribution in [0.2, 0.25) is 0 Å². The lowest BCUT2D eigenvalue weighted by molar-refractivity contribution is -0.140. The number of nitrogens with one attached hydrogen (secondary N) is 1. The quantitative estimate of drug-likeness (QED) is 0.781. The van der Waals surface area contributed by atoms with Crippen LogP contribution in [0.5, 0.6) is 0 Å². The van der Waals surface area contributed by atoms with Crippen LogP contribution in [0.4, 0.5) is 0 Å². The third kappa shape index (κ3) is 3.00. The fraction of sp³-hybridized carbons (Fsp3) is 0.500. The Morgan fingerprint density at radius 2 is 1.85 bits per heavy atom. The number of amides is 1. The highest BCUT2D eigenvalue weighted by Gasteiger charge is 2.65. The molecule has 2 N–H and O–H groups in total. The number of benzene rings is 1. The molecule has 1 aromatic rings. The van der Waals surface area contributed by atoms with E-state index in [1.807, 2.05) is 32.0 Å². The second-order valence-corrected chi connectivity index (χ2v) is 6.00. The van der Waals surface area contributed by atoms with Crippen LogP contribution in [-0.4, -0.2) is 23.5 Å². The highest BCUT2D eigenvalue weighted by atomic mass is 16.4. The first kappa shape index (κ1) is 14.6. The van der Waals surface area contributed by atoms with Crippen molar-refractivity contribution < 1.29 is 14.7 Å². The van der Waals surface area contributed by atoms with E-state index in [1.165, 1.54) is 5.56 Å². The largest absolute Gasteiger partial charge is 0.481 e. The van der Waals surface area contributed by atoms with Gasteiger partial charge in [0.05, 0.1) is 11.8 Å². The maximum atomic E-state index is 12.0. The number of hydrogen-bond acceptors (Lipinski definition) is 2. The second-order valence-electron chi connectivity index (χ2n) is 6.00. The van der Waals surface area contributed by atoms with Gasteiger partial charge in [0.1, 0.15) is 0 Å². The van der Waals surface area contributed by atoms with Crippen molar-refractivity contribution in [2.75, 3.05) is 6.54 Å². The fourth-order valence-corrected chi connectivity index (χ4v) is 2.85. The number of carbonyl (C=O) groups excluding carboxylic acids is 1. The minimum Gasteiger partial charge on any atom is -0.481 e. The zero-order valence-corrected chi connectivity index (χ0v) is 11.9. The van der Waals surface area contributed by atoms with Crippen molar-refractivity contribution in [3.63, 3.8) is 0 Å². The number of carboxylic acid groups (broad SMARTS) is 1. The monoisotopic (exact) mass is 275 g/mol. The summed E-state index contributed by atoms with van der Waals surface area (Å²) in [6.45, 7) is 4.26. The van der Waals surface area contributed by atoms with Gasteiger partial charge in [-0.05, 0) is 23.8 Å². The first-order valence-corrected chi connectivity index (χ1v) is 6.99. The lowest BCUT2D eigenvalue weighted by atomic mass is 10.1. The van der Waals surface area contributed by atoms with E-state index >= 15 is 0 Å². The molecule has 1 aliphatic carbocycles. The van der Waals surface area contributed by atoms with Crippen LogP contribution in [0.1, 0.15) is 25.8 Å². The van der Waals surface area contributed by atoms with Gasteiger partial charge in [-0.1, -0.05) is 44.2 Å². The van der Waals surface area contributed by atoms with Crippen LogP contribution in [0.3, 0.4) is 0 Å². The average molecular weight is 275 g/mol. The van der Waals surface area contributed by atoms with Gasteiger partial charge in [-0.2, -0.15) is 0 Å². The Bertz CT molecular complexity index is 496. The summed E-state index contributed by atoms with van der Waals surface area (Å²) in [4.78, 5) is 23.0. The Morgan fingerprint density at radius 3 is 2.40 bits per heavy atom. The van der Waals surface area contributed by atoms with Gasteiger partial charge >= 0.3 is 5.97 Å². The van der Waals surface area contributed by atoms with Crippen molar-refractivity contribution >= 4 is 11.9 Å². The van der Waals surface area contributed by atoms with Gasteiger partial charge in [0.2, 0.25) is 5.91 Å². The number of carbonyl (C=O) groups is 2. The Balaban J connectivity index is 1.73. The summed E-state index contributed by atoms with van der Waals surface area (Å²) in [6, 6.07) is 10.1. The first-order chi connectivity index (χ1) is 9.44. The molecule has 1 saturated carbocycles. The predicted molar refractivity (Wildman–Crippen MR) is 76.2 cm³/mol. The van der Waals surface area contributed by atoms with E-state index < -0.39 is 23.2 Å². The number of rotatable bonds is 6. The summed E-state index contributed by atoms with van der Waals surface area (Å²) >= 11 is 0. The van der Waals surface area contributed by atoms with E-state index in [0.717, 1.165) is 12.8 Å². The molecule has 0 spiro atoms. The van der Waals surface area contributed by atoms with Crippen LogP contribution in [0.15, 0.2) is 30.3 Å². The summed E-state index contributed by atoms with van der Waals surface area (Å²) in [6.07, 6.45) is 1.78. The molecule has 2 atom stereocenters. The fourth-order valence-electron chi connectivity index (χ4n) is 2.85. The number of aryl methyl sites for hydroxylation is 1. The van der Waals surface area contributed by atoms with Crippen molar-refractivity contribution in [2.24, 2.45) is 17.3 Å². The average Bonchev–Trinajstić information content (AvgIpc) is 2.99. The van der Waals surface area contributed by atoms with E-state index in [0.29, 0.717) is 6.54 Å². The molecular formula is C16H21NO3. The molecule has 108 valence electrons. The summed E-state index contributed by atoms with van der Waals surface area (Å²) < 4.78 is 0. The molecule has 2 unspecified atom stereocenters. The van der Waals surface area contributed by atoms with Gasteiger partial charge in [0.15, 0.2) is 0 Å². The molecule has 0 heterocycles. The minimum atomic E-state index is -0.876. The molecule has 2 rings (SSSR count). The molecule has 0 bridgehead atoms. The van der Waals surface area contributed by atoms with Crippen molar-refractivity contribution in [3.05, 3.63) is 35.9 Å². The third-order valence-corrected chi connectivity index (χ3v) is 4.16. The topological polar surface area (TPSA) is 66.4 Å². The predicted octanol–water partition coefficient (Wildman–Crippen LogP) is 2.09.